The first kappa shape index (κ1) is 20.0. The van der Waals surface area contributed by atoms with Gasteiger partial charge < -0.3 is 5.32 Å². The number of nitrogens with zero attached hydrogens (tertiary/aromatic N) is 5. The minimum atomic E-state index is -3.51. The maximum Gasteiger partial charge on any atom is 0.243 e. The molecule has 1 saturated heterocycles. The van der Waals surface area contributed by atoms with Gasteiger partial charge in [0.2, 0.25) is 15.9 Å². The molecule has 1 fully saturated rings. The monoisotopic (exact) mass is 456 g/mol. The van der Waals surface area contributed by atoms with Crippen molar-refractivity contribution in [3.8, 4) is 0 Å². The Hall–Kier alpha value is -2.89. The third-order valence-corrected chi connectivity index (χ3v) is 8.13. The Bertz CT molecular complexity index is 1340. The van der Waals surface area contributed by atoms with E-state index in [2.05, 4.69) is 20.6 Å². The second-order valence-corrected chi connectivity index (χ2v) is 10.3. The van der Waals surface area contributed by atoms with Crippen molar-refractivity contribution in [1.82, 2.24) is 24.3 Å². The van der Waals surface area contributed by atoms with E-state index < -0.39 is 10.0 Å². The molecule has 11 heteroatoms. The molecule has 1 N–H and O–H groups in total. The van der Waals surface area contributed by atoms with E-state index in [-0.39, 0.29) is 17.2 Å². The number of benzene rings is 2. The highest BCUT2D eigenvalue weighted by molar-refractivity contribution is 7.89. The maximum atomic E-state index is 12.8. The van der Waals surface area contributed by atoms with E-state index in [0.717, 1.165) is 23.1 Å². The zero-order chi connectivity index (χ0) is 21.4. The molecular formula is C20H20N6O3S2. The molecule has 4 aromatic rings. The minimum absolute atomic E-state index is 0.170. The van der Waals surface area contributed by atoms with E-state index in [0.29, 0.717) is 35.8 Å². The molecule has 31 heavy (non-hydrogen) atoms. The van der Waals surface area contributed by atoms with Gasteiger partial charge in [-0.15, -0.1) is 5.10 Å². The summed E-state index contributed by atoms with van der Waals surface area (Å²) in [5, 5.41) is 11.6. The third-order valence-electron chi connectivity index (χ3n) is 5.28. The number of anilines is 1. The van der Waals surface area contributed by atoms with Crippen molar-refractivity contribution in [1.29, 1.82) is 0 Å². The summed E-state index contributed by atoms with van der Waals surface area (Å²) in [6.07, 6.45) is 1.97. The summed E-state index contributed by atoms with van der Waals surface area (Å²) in [4.78, 5) is 17.0. The van der Waals surface area contributed by atoms with E-state index in [1.165, 1.54) is 15.6 Å². The van der Waals surface area contributed by atoms with Crippen LogP contribution in [0.3, 0.4) is 0 Å². The van der Waals surface area contributed by atoms with Gasteiger partial charge in [-0.25, -0.2) is 18.1 Å². The number of rotatable bonds is 6. The average molecular weight is 457 g/mol. The van der Waals surface area contributed by atoms with E-state index in [4.69, 9.17) is 0 Å². The van der Waals surface area contributed by atoms with Crippen LogP contribution in [0.15, 0.2) is 47.4 Å². The van der Waals surface area contributed by atoms with Gasteiger partial charge in [0.15, 0.2) is 5.13 Å². The summed E-state index contributed by atoms with van der Waals surface area (Å²) in [5.74, 6) is -0.170. The summed E-state index contributed by atoms with van der Waals surface area (Å²) >= 11 is 1.43. The molecule has 0 bridgehead atoms. The van der Waals surface area contributed by atoms with E-state index in [9.17, 15) is 13.2 Å². The Morgan fingerprint density at radius 2 is 1.90 bits per heavy atom. The highest BCUT2D eigenvalue weighted by Gasteiger charge is 2.27. The standard InChI is InChI=1S/C20H20N6O3S2/c27-19(22-20-21-15-5-1-2-6-18(15)30-20)9-12-26-17-8-7-14(13-16(17)23-24-26)31(28,29)25-10-3-4-11-25/h1-2,5-8,13H,3-4,9-12H2,(H,21,22,27). The first-order valence-corrected chi connectivity index (χ1v) is 12.3. The largest absolute Gasteiger partial charge is 0.302 e. The van der Waals surface area contributed by atoms with Crippen molar-refractivity contribution in [2.75, 3.05) is 18.4 Å². The second kappa shape index (κ2) is 7.98. The van der Waals surface area contributed by atoms with E-state index in [1.54, 1.807) is 22.9 Å². The van der Waals surface area contributed by atoms with E-state index >= 15 is 0 Å². The molecule has 0 aliphatic carbocycles. The number of sulfonamides is 1. The molecule has 1 amide bonds. The van der Waals surface area contributed by atoms with Crippen LogP contribution in [0.1, 0.15) is 19.3 Å². The van der Waals surface area contributed by atoms with Crippen LogP contribution in [0.5, 0.6) is 0 Å². The molecule has 9 nitrogen and oxygen atoms in total. The van der Waals surface area contributed by atoms with E-state index in [1.807, 2.05) is 24.3 Å². The highest BCUT2D eigenvalue weighted by Crippen LogP contribution is 2.26. The number of aryl methyl sites for hydroxylation is 1. The molecule has 160 valence electrons. The Kier molecular flexibility index (Phi) is 5.16. The van der Waals surface area contributed by atoms with Crippen LogP contribution in [0, 0.1) is 0 Å². The van der Waals surface area contributed by atoms with Crippen molar-refractivity contribution in [2.45, 2.75) is 30.7 Å². The first-order valence-electron chi connectivity index (χ1n) is 9.99. The topological polar surface area (TPSA) is 110 Å². The SMILES string of the molecule is O=C(CCn1nnc2cc(S(=O)(=O)N3CCCC3)ccc21)Nc1nc2ccccc2s1. The van der Waals surface area contributed by atoms with Crippen LogP contribution >= 0.6 is 11.3 Å². The van der Waals surface area contributed by atoms with Gasteiger partial charge in [-0.1, -0.05) is 28.7 Å². The van der Waals surface area contributed by atoms with Crippen LogP contribution < -0.4 is 5.32 Å². The molecular weight excluding hydrogens is 436 g/mol. The van der Waals surface area contributed by atoms with Crippen molar-refractivity contribution < 1.29 is 13.2 Å². The van der Waals surface area contributed by atoms with Crippen molar-refractivity contribution in [2.24, 2.45) is 0 Å². The lowest BCUT2D eigenvalue weighted by atomic mass is 10.3. The van der Waals surface area contributed by atoms with Crippen molar-refractivity contribution in [3.05, 3.63) is 42.5 Å². The fourth-order valence-corrected chi connectivity index (χ4v) is 6.09. The molecule has 0 radical (unpaired) electrons. The van der Waals surface area contributed by atoms with Crippen LogP contribution in [0.2, 0.25) is 0 Å². The van der Waals surface area contributed by atoms with Gasteiger partial charge in [-0.05, 0) is 43.2 Å². The molecule has 1 aliphatic rings. The molecule has 0 atom stereocenters. The van der Waals surface area contributed by atoms with Gasteiger partial charge in [0.1, 0.15) is 5.52 Å². The van der Waals surface area contributed by atoms with Gasteiger partial charge >= 0.3 is 0 Å². The zero-order valence-corrected chi connectivity index (χ0v) is 18.2. The molecule has 5 rings (SSSR count). The number of fused-ring (bicyclic) bond motifs is 2. The smallest absolute Gasteiger partial charge is 0.243 e. The summed E-state index contributed by atoms with van der Waals surface area (Å²) in [6.45, 7) is 1.43. The molecule has 2 aromatic heterocycles. The number of amides is 1. The number of aromatic nitrogens is 4. The highest BCUT2D eigenvalue weighted by atomic mass is 32.2. The number of nitrogens with one attached hydrogen (secondary N) is 1. The second-order valence-electron chi connectivity index (χ2n) is 7.36. The van der Waals surface area contributed by atoms with Gasteiger partial charge in [-0.2, -0.15) is 4.31 Å². The lowest BCUT2D eigenvalue weighted by Crippen LogP contribution is -2.27. The lowest BCUT2D eigenvalue weighted by Gasteiger charge is -2.15. The molecule has 0 spiro atoms. The number of thiazole rings is 1. The molecule has 0 saturated carbocycles. The predicted molar refractivity (Wildman–Crippen MR) is 118 cm³/mol. The average Bonchev–Trinajstić information content (AvgIpc) is 3.50. The normalized spacial score (nSPS) is 15.1. The lowest BCUT2D eigenvalue weighted by molar-refractivity contribution is -0.116. The first-order chi connectivity index (χ1) is 15.0. The summed E-state index contributed by atoms with van der Waals surface area (Å²) < 4.78 is 29.6. The summed E-state index contributed by atoms with van der Waals surface area (Å²) in [6, 6.07) is 12.5. The zero-order valence-electron chi connectivity index (χ0n) is 16.6. The molecule has 3 heterocycles. The minimum Gasteiger partial charge on any atom is -0.302 e. The van der Waals surface area contributed by atoms with Crippen LogP contribution in [-0.2, 0) is 21.4 Å². The number of hydrogen-bond donors (Lipinski definition) is 1. The number of carbonyl (C=O) groups excluding carboxylic acids is 1. The molecule has 1 aliphatic heterocycles. The fraction of sp³-hybridized carbons (Fsp3) is 0.300. The van der Waals surface area contributed by atoms with Gasteiger partial charge in [0.05, 0.1) is 27.2 Å². The molecule has 2 aromatic carbocycles. The van der Waals surface area contributed by atoms with Gasteiger partial charge in [-0.3, -0.25) is 4.79 Å². The van der Waals surface area contributed by atoms with Gasteiger partial charge in [0, 0.05) is 19.5 Å². The quantitative estimate of drug-likeness (QED) is 0.478. The Balaban J connectivity index is 1.27. The third kappa shape index (κ3) is 3.91. The summed E-state index contributed by atoms with van der Waals surface area (Å²) in [5.41, 5.74) is 2.03. The summed E-state index contributed by atoms with van der Waals surface area (Å²) in [7, 11) is -3.51. The van der Waals surface area contributed by atoms with Crippen LogP contribution in [-0.4, -0.2) is 51.7 Å². The fourth-order valence-electron chi connectivity index (χ4n) is 3.67. The van der Waals surface area contributed by atoms with Crippen molar-refractivity contribution >= 4 is 53.6 Å². The van der Waals surface area contributed by atoms with Crippen LogP contribution in [0.4, 0.5) is 5.13 Å². The van der Waals surface area contributed by atoms with Gasteiger partial charge in [0.25, 0.3) is 0 Å². The Morgan fingerprint density at radius 1 is 1.10 bits per heavy atom. The number of carbonyl (C=O) groups is 1. The predicted octanol–water partition coefficient (Wildman–Crippen LogP) is 2.85. The number of hydrogen-bond acceptors (Lipinski definition) is 7. The maximum absolute atomic E-state index is 12.8. The molecule has 0 unspecified atom stereocenters. The van der Waals surface area contributed by atoms with Crippen LogP contribution in [0.25, 0.3) is 21.3 Å². The Labute approximate surface area is 182 Å². The van der Waals surface area contributed by atoms with Crippen molar-refractivity contribution in [3.63, 3.8) is 0 Å². The number of para-hydroxylation sites is 1. The Morgan fingerprint density at radius 3 is 2.71 bits per heavy atom.